The number of nitrogens with one attached hydrogen (secondary N) is 1. The third-order valence-corrected chi connectivity index (χ3v) is 2.45. The van der Waals surface area contributed by atoms with Gasteiger partial charge < -0.3 is 5.32 Å². The Hall–Kier alpha value is -0.830. The highest BCUT2D eigenvalue weighted by molar-refractivity contribution is 5.17. The van der Waals surface area contributed by atoms with Gasteiger partial charge in [0, 0.05) is 23.8 Å². The molecule has 0 radical (unpaired) electrons. The molecule has 1 aromatic heterocycles. The lowest BCUT2D eigenvalue weighted by atomic mass is 10.1. The van der Waals surface area contributed by atoms with Gasteiger partial charge in [0.15, 0.2) is 0 Å². The summed E-state index contributed by atoms with van der Waals surface area (Å²) in [6.45, 7) is 13.9. The third-order valence-electron chi connectivity index (χ3n) is 2.45. The monoisotopic (exact) mass is 209 g/mol. The summed E-state index contributed by atoms with van der Waals surface area (Å²) in [5.74, 6) is 0. The van der Waals surface area contributed by atoms with Crippen molar-refractivity contribution in [3.05, 3.63) is 17.5 Å². The van der Waals surface area contributed by atoms with Gasteiger partial charge in [-0.2, -0.15) is 5.10 Å². The van der Waals surface area contributed by atoms with Crippen molar-refractivity contribution < 1.29 is 0 Å². The van der Waals surface area contributed by atoms with Crippen molar-refractivity contribution in [2.45, 2.75) is 59.7 Å². The van der Waals surface area contributed by atoms with Crippen LogP contribution >= 0.6 is 0 Å². The molecule has 1 rings (SSSR count). The Balaban J connectivity index is 2.81. The van der Waals surface area contributed by atoms with Gasteiger partial charge in [-0.3, -0.25) is 4.68 Å². The third kappa shape index (κ3) is 3.06. The molecule has 3 heteroatoms. The van der Waals surface area contributed by atoms with E-state index in [0.717, 1.165) is 6.54 Å². The quantitative estimate of drug-likeness (QED) is 0.828. The summed E-state index contributed by atoms with van der Waals surface area (Å²) in [7, 11) is 0. The maximum atomic E-state index is 4.44. The molecule has 3 nitrogen and oxygen atoms in total. The van der Waals surface area contributed by atoms with Crippen LogP contribution in [0.4, 0.5) is 0 Å². The summed E-state index contributed by atoms with van der Waals surface area (Å²) >= 11 is 0. The minimum Gasteiger partial charge on any atom is -0.310 e. The molecule has 0 spiro atoms. The second kappa shape index (κ2) is 4.35. The van der Waals surface area contributed by atoms with Crippen LogP contribution in [0.25, 0.3) is 0 Å². The van der Waals surface area contributed by atoms with E-state index < -0.39 is 0 Å². The number of nitrogens with zero attached hydrogens (tertiary/aromatic N) is 2. The second-order valence-electron chi connectivity index (χ2n) is 5.37. The van der Waals surface area contributed by atoms with Crippen molar-refractivity contribution in [1.82, 2.24) is 15.1 Å². The molecule has 0 aliphatic rings. The van der Waals surface area contributed by atoms with Gasteiger partial charge >= 0.3 is 0 Å². The van der Waals surface area contributed by atoms with E-state index in [1.54, 1.807) is 0 Å². The first-order valence-electron chi connectivity index (χ1n) is 5.59. The van der Waals surface area contributed by atoms with Crippen molar-refractivity contribution in [2.75, 3.05) is 0 Å². The molecule has 0 saturated heterocycles. The number of aromatic nitrogens is 2. The fraction of sp³-hybridized carbons (Fsp3) is 0.750. The smallest absolute Gasteiger partial charge is 0.0546 e. The molecule has 1 N–H and O–H groups in total. The van der Waals surface area contributed by atoms with E-state index in [1.165, 1.54) is 11.3 Å². The molecule has 0 unspecified atom stereocenters. The Morgan fingerprint density at radius 1 is 1.40 bits per heavy atom. The summed E-state index contributed by atoms with van der Waals surface area (Å²) in [6.07, 6.45) is 1.97. The molecule has 0 bridgehead atoms. The zero-order valence-corrected chi connectivity index (χ0v) is 10.8. The van der Waals surface area contributed by atoms with Crippen molar-refractivity contribution in [1.29, 1.82) is 0 Å². The maximum absolute atomic E-state index is 4.44. The Bertz CT molecular complexity index is 318. The molecular weight excluding hydrogens is 186 g/mol. The summed E-state index contributed by atoms with van der Waals surface area (Å²) in [5, 5.41) is 7.86. The lowest BCUT2D eigenvalue weighted by molar-refractivity contribution is 0.347. The Morgan fingerprint density at radius 2 is 2.00 bits per heavy atom. The van der Waals surface area contributed by atoms with Crippen LogP contribution in [-0.2, 0) is 12.1 Å². The predicted octanol–water partition coefficient (Wildman–Crippen LogP) is 2.44. The van der Waals surface area contributed by atoms with Gasteiger partial charge in [-0.25, -0.2) is 0 Å². The van der Waals surface area contributed by atoms with Gasteiger partial charge in [0.25, 0.3) is 0 Å². The molecule has 15 heavy (non-hydrogen) atoms. The lowest BCUT2D eigenvalue weighted by Gasteiger charge is -2.21. The fourth-order valence-corrected chi connectivity index (χ4v) is 1.61. The molecule has 0 atom stereocenters. The van der Waals surface area contributed by atoms with E-state index in [2.05, 4.69) is 56.6 Å². The number of hydrogen-bond acceptors (Lipinski definition) is 2. The van der Waals surface area contributed by atoms with Gasteiger partial charge in [0.1, 0.15) is 0 Å². The van der Waals surface area contributed by atoms with Crippen LogP contribution in [0.5, 0.6) is 0 Å². The van der Waals surface area contributed by atoms with E-state index in [9.17, 15) is 0 Å². The Kier molecular flexibility index (Phi) is 3.55. The van der Waals surface area contributed by atoms with Crippen molar-refractivity contribution in [3.63, 3.8) is 0 Å². The zero-order valence-electron chi connectivity index (χ0n) is 10.8. The van der Waals surface area contributed by atoms with Crippen LogP contribution < -0.4 is 5.32 Å². The van der Waals surface area contributed by atoms with Crippen molar-refractivity contribution >= 4 is 0 Å². The van der Waals surface area contributed by atoms with Crippen LogP contribution in [0.2, 0.25) is 0 Å². The Labute approximate surface area is 92.9 Å². The molecule has 0 aliphatic carbocycles. The van der Waals surface area contributed by atoms with Gasteiger partial charge in [0.2, 0.25) is 0 Å². The first kappa shape index (κ1) is 12.2. The highest BCUT2D eigenvalue weighted by atomic mass is 15.3. The number of rotatable bonds is 3. The van der Waals surface area contributed by atoms with E-state index in [4.69, 9.17) is 0 Å². The summed E-state index contributed by atoms with van der Waals surface area (Å²) in [5.41, 5.74) is 2.62. The van der Waals surface area contributed by atoms with Crippen LogP contribution in [0.15, 0.2) is 6.20 Å². The highest BCUT2D eigenvalue weighted by Gasteiger charge is 2.17. The summed E-state index contributed by atoms with van der Waals surface area (Å²) in [6, 6.07) is 0.516. The predicted molar refractivity (Wildman–Crippen MR) is 63.9 cm³/mol. The van der Waals surface area contributed by atoms with Crippen LogP contribution in [-0.4, -0.2) is 15.8 Å². The van der Waals surface area contributed by atoms with E-state index in [1.807, 2.05) is 6.20 Å². The maximum Gasteiger partial charge on any atom is 0.0546 e. The minimum absolute atomic E-state index is 0.0696. The SMILES string of the molecule is Cc1c(CNC(C)C)cnn1C(C)(C)C. The number of hydrogen-bond donors (Lipinski definition) is 1. The summed E-state index contributed by atoms with van der Waals surface area (Å²) in [4.78, 5) is 0. The minimum atomic E-state index is 0.0696. The van der Waals surface area contributed by atoms with E-state index in [0.29, 0.717) is 6.04 Å². The molecular formula is C12H23N3. The average Bonchev–Trinajstić information content (AvgIpc) is 2.42. The molecule has 0 aliphatic heterocycles. The van der Waals surface area contributed by atoms with Gasteiger partial charge in [-0.15, -0.1) is 0 Å². The fourth-order valence-electron chi connectivity index (χ4n) is 1.61. The molecule has 1 heterocycles. The summed E-state index contributed by atoms with van der Waals surface area (Å²) < 4.78 is 2.09. The largest absolute Gasteiger partial charge is 0.310 e. The Morgan fingerprint density at radius 3 is 2.40 bits per heavy atom. The normalized spacial score (nSPS) is 12.5. The highest BCUT2D eigenvalue weighted by Crippen LogP contribution is 2.18. The van der Waals surface area contributed by atoms with Crippen LogP contribution in [0, 0.1) is 6.92 Å². The van der Waals surface area contributed by atoms with Crippen molar-refractivity contribution in [3.8, 4) is 0 Å². The molecule has 86 valence electrons. The topological polar surface area (TPSA) is 29.9 Å². The van der Waals surface area contributed by atoms with Crippen molar-refractivity contribution in [2.24, 2.45) is 0 Å². The molecule has 1 aromatic rings. The van der Waals surface area contributed by atoms with E-state index in [-0.39, 0.29) is 5.54 Å². The molecule has 0 fully saturated rings. The first-order chi connectivity index (χ1) is 6.82. The van der Waals surface area contributed by atoms with E-state index >= 15 is 0 Å². The molecule has 0 amide bonds. The van der Waals surface area contributed by atoms with Gasteiger partial charge in [-0.1, -0.05) is 13.8 Å². The molecule has 0 saturated carbocycles. The standard InChI is InChI=1S/C12H23N3/c1-9(2)13-7-11-8-14-15(10(11)3)12(4,5)6/h8-9,13H,7H2,1-6H3. The second-order valence-corrected chi connectivity index (χ2v) is 5.37. The van der Waals surface area contributed by atoms with Gasteiger partial charge in [-0.05, 0) is 27.7 Å². The average molecular weight is 209 g/mol. The van der Waals surface area contributed by atoms with Crippen LogP contribution in [0.3, 0.4) is 0 Å². The molecule has 0 aromatic carbocycles. The zero-order chi connectivity index (χ0) is 11.6. The van der Waals surface area contributed by atoms with Gasteiger partial charge in [0.05, 0.1) is 11.7 Å². The van der Waals surface area contributed by atoms with Crippen LogP contribution in [0.1, 0.15) is 45.9 Å². The first-order valence-corrected chi connectivity index (χ1v) is 5.59. The lowest BCUT2D eigenvalue weighted by Crippen LogP contribution is -2.25.